The molecule has 1 aliphatic rings. The van der Waals surface area contributed by atoms with Crippen molar-refractivity contribution in [1.82, 2.24) is 4.90 Å². The second kappa shape index (κ2) is 7.09. The lowest BCUT2D eigenvalue weighted by Crippen LogP contribution is -2.44. The summed E-state index contributed by atoms with van der Waals surface area (Å²) in [7, 11) is 0. The first-order chi connectivity index (χ1) is 10.1. The van der Waals surface area contributed by atoms with E-state index in [1.165, 1.54) is 18.2 Å². The Morgan fingerprint density at radius 1 is 1.43 bits per heavy atom. The van der Waals surface area contributed by atoms with Crippen LogP contribution in [0.2, 0.25) is 5.02 Å². The van der Waals surface area contributed by atoms with Gasteiger partial charge in [0.1, 0.15) is 5.56 Å². The maximum Gasteiger partial charge on any atom is 0.283 e. The molecule has 0 radical (unpaired) electrons. The summed E-state index contributed by atoms with van der Waals surface area (Å²) in [6.07, 6.45) is 3.49. The van der Waals surface area contributed by atoms with E-state index < -0.39 is 4.92 Å². The Morgan fingerprint density at radius 2 is 2.19 bits per heavy atom. The molecule has 1 aromatic carbocycles. The van der Waals surface area contributed by atoms with Gasteiger partial charge in [0.15, 0.2) is 0 Å². The second-order valence-corrected chi connectivity index (χ2v) is 5.80. The molecule has 1 aliphatic heterocycles. The molecule has 7 heteroatoms. The summed E-state index contributed by atoms with van der Waals surface area (Å²) in [5, 5.41) is 11.2. The summed E-state index contributed by atoms with van der Waals surface area (Å²) in [5.41, 5.74) is -0.270. The number of carbonyl (C=O) groups excluding carboxylic acids is 1. The number of halogens is 2. The van der Waals surface area contributed by atoms with Crippen molar-refractivity contribution in [2.45, 2.75) is 31.7 Å². The predicted octanol–water partition coefficient (Wildman–Crippen LogP) is 3.87. The van der Waals surface area contributed by atoms with Crippen molar-refractivity contribution in [3.8, 4) is 0 Å². The number of nitrogens with zero attached hydrogens (tertiary/aromatic N) is 2. The van der Waals surface area contributed by atoms with E-state index in [2.05, 4.69) is 0 Å². The molecule has 114 valence electrons. The Morgan fingerprint density at radius 3 is 2.86 bits per heavy atom. The van der Waals surface area contributed by atoms with Crippen molar-refractivity contribution in [3.63, 3.8) is 0 Å². The molecular formula is C14H16Cl2N2O3. The summed E-state index contributed by atoms with van der Waals surface area (Å²) >= 11 is 11.8. The van der Waals surface area contributed by atoms with Crippen LogP contribution in [0.25, 0.3) is 0 Å². The zero-order valence-corrected chi connectivity index (χ0v) is 12.9. The van der Waals surface area contributed by atoms with E-state index in [-0.39, 0.29) is 28.2 Å². The topological polar surface area (TPSA) is 63.4 Å². The van der Waals surface area contributed by atoms with Crippen molar-refractivity contribution < 1.29 is 9.72 Å². The quantitative estimate of drug-likeness (QED) is 0.478. The van der Waals surface area contributed by atoms with Gasteiger partial charge in [0.25, 0.3) is 11.6 Å². The average Bonchev–Trinajstić information content (AvgIpc) is 2.47. The SMILES string of the molecule is O=C(c1c(Cl)cccc1[N+](=O)[O-])N1CCCCC1CCCl. The molecule has 5 nitrogen and oxygen atoms in total. The number of likely N-dealkylation sites (tertiary alicyclic amines) is 1. The Bertz CT molecular complexity index is 549. The minimum Gasteiger partial charge on any atom is -0.335 e. The number of piperidine rings is 1. The van der Waals surface area contributed by atoms with E-state index in [1.807, 2.05) is 0 Å². The van der Waals surface area contributed by atoms with Crippen molar-refractivity contribution >= 4 is 34.8 Å². The highest BCUT2D eigenvalue weighted by molar-refractivity contribution is 6.34. The molecule has 1 heterocycles. The molecular weight excluding hydrogens is 315 g/mol. The first kappa shape index (κ1) is 16.0. The number of alkyl halides is 1. The number of nitro benzene ring substituents is 1. The van der Waals surface area contributed by atoms with Crippen LogP contribution in [0.15, 0.2) is 18.2 Å². The van der Waals surface area contributed by atoms with Crippen molar-refractivity contribution in [2.75, 3.05) is 12.4 Å². The lowest BCUT2D eigenvalue weighted by atomic mass is 9.98. The molecule has 0 aromatic heterocycles. The molecule has 1 amide bonds. The zero-order valence-electron chi connectivity index (χ0n) is 11.4. The summed E-state index contributed by atoms with van der Waals surface area (Å²) < 4.78 is 0. The van der Waals surface area contributed by atoms with Gasteiger partial charge in [0, 0.05) is 24.5 Å². The highest BCUT2D eigenvalue weighted by Gasteiger charge is 2.32. The number of amides is 1. The highest BCUT2D eigenvalue weighted by Crippen LogP contribution is 2.30. The Labute approximate surface area is 133 Å². The average molecular weight is 331 g/mol. The third kappa shape index (κ3) is 3.47. The van der Waals surface area contributed by atoms with Gasteiger partial charge in [-0.05, 0) is 31.7 Å². The Kier molecular flexibility index (Phi) is 5.42. The van der Waals surface area contributed by atoms with E-state index in [9.17, 15) is 14.9 Å². The summed E-state index contributed by atoms with van der Waals surface area (Å²) in [4.78, 5) is 25.0. The normalized spacial score (nSPS) is 18.6. The van der Waals surface area contributed by atoms with Crippen LogP contribution in [0.5, 0.6) is 0 Å². The van der Waals surface area contributed by atoms with Crippen molar-refractivity contribution in [3.05, 3.63) is 38.9 Å². The monoisotopic (exact) mass is 330 g/mol. The molecule has 1 saturated heterocycles. The van der Waals surface area contributed by atoms with Crippen molar-refractivity contribution in [1.29, 1.82) is 0 Å². The van der Waals surface area contributed by atoms with Gasteiger partial charge in [-0.1, -0.05) is 17.7 Å². The predicted molar refractivity (Wildman–Crippen MR) is 82.1 cm³/mol. The second-order valence-electron chi connectivity index (χ2n) is 5.02. The number of rotatable bonds is 4. The Balaban J connectivity index is 2.36. The summed E-state index contributed by atoms with van der Waals surface area (Å²) in [6, 6.07) is 4.31. The van der Waals surface area contributed by atoms with E-state index in [0.717, 1.165) is 19.3 Å². The molecule has 21 heavy (non-hydrogen) atoms. The first-order valence-electron chi connectivity index (χ1n) is 6.86. The third-order valence-electron chi connectivity index (χ3n) is 3.73. The first-order valence-corrected chi connectivity index (χ1v) is 7.77. The van der Waals surface area contributed by atoms with E-state index in [1.54, 1.807) is 4.90 Å². The van der Waals surface area contributed by atoms with Crippen molar-refractivity contribution in [2.24, 2.45) is 0 Å². The molecule has 1 fully saturated rings. The van der Waals surface area contributed by atoms with Crippen LogP contribution in [0.1, 0.15) is 36.0 Å². The van der Waals surface area contributed by atoms with Gasteiger partial charge < -0.3 is 4.90 Å². The third-order valence-corrected chi connectivity index (χ3v) is 4.27. The molecule has 0 saturated carbocycles. The highest BCUT2D eigenvalue weighted by atomic mass is 35.5. The smallest absolute Gasteiger partial charge is 0.283 e. The summed E-state index contributed by atoms with van der Waals surface area (Å²) in [6.45, 7) is 0.586. The van der Waals surface area contributed by atoms with Crippen LogP contribution >= 0.6 is 23.2 Å². The minimum absolute atomic E-state index is 0.0226. The largest absolute Gasteiger partial charge is 0.335 e. The maximum absolute atomic E-state index is 12.7. The van der Waals surface area contributed by atoms with Crippen LogP contribution in [-0.2, 0) is 0 Å². The molecule has 1 unspecified atom stereocenters. The molecule has 0 spiro atoms. The maximum atomic E-state index is 12.7. The van der Waals surface area contributed by atoms with E-state index in [0.29, 0.717) is 18.8 Å². The number of benzene rings is 1. The lowest BCUT2D eigenvalue weighted by Gasteiger charge is -2.35. The number of carbonyl (C=O) groups is 1. The molecule has 0 aliphatic carbocycles. The Hall–Kier alpha value is -1.33. The van der Waals surface area contributed by atoms with Gasteiger partial charge >= 0.3 is 0 Å². The molecule has 0 N–H and O–H groups in total. The minimum atomic E-state index is -0.570. The molecule has 1 aromatic rings. The van der Waals surface area contributed by atoms with Crippen LogP contribution in [0, 0.1) is 10.1 Å². The van der Waals surface area contributed by atoms with Gasteiger partial charge in [0.2, 0.25) is 0 Å². The van der Waals surface area contributed by atoms with Gasteiger partial charge in [-0.2, -0.15) is 0 Å². The standard InChI is InChI=1S/C14H16Cl2N2O3/c15-8-7-10-4-1-2-9-17(10)14(19)13-11(16)5-3-6-12(13)18(20)21/h3,5-6,10H,1-2,4,7-9H2. The fourth-order valence-corrected chi connectivity index (χ4v) is 3.22. The number of hydrogen-bond donors (Lipinski definition) is 0. The van der Waals surface area contributed by atoms with E-state index in [4.69, 9.17) is 23.2 Å². The van der Waals surface area contributed by atoms with Crippen LogP contribution < -0.4 is 0 Å². The fourth-order valence-electron chi connectivity index (χ4n) is 2.71. The van der Waals surface area contributed by atoms with Crippen LogP contribution in [0.4, 0.5) is 5.69 Å². The van der Waals surface area contributed by atoms with Crippen LogP contribution in [-0.4, -0.2) is 34.2 Å². The molecule has 2 rings (SSSR count). The van der Waals surface area contributed by atoms with E-state index >= 15 is 0 Å². The number of hydrogen-bond acceptors (Lipinski definition) is 3. The summed E-state index contributed by atoms with van der Waals surface area (Å²) in [5.74, 6) is 0.0844. The van der Waals surface area contributed by atoms with Gasteiger partial charge in [-0.25, -0.2) is 0 Å². The number of nitro groups is 1. The molecule has 1 atom stereocenters. The molecule has 0 bridgehead atoms. The van der Waals surface area contributed by atoms with Gasteiger partial charge in [-0.15, -0.1) is 11.6 Å². The zero-order chi connectivity index (χ0) is 15.4. The lowest BCUT2D eigenvalue weighted by molar-refractivity contribution is -0.385. The van der Waals surface area contributed by atoms with Crippen LogP contribution in [0.3, 0.4) is 0 Å². The van der Waals surface area contributed by atoms with Gasteiger partial charge in [-0.3, -0.25) is 14.9 Å². The fraction of sp³-hybridized carbons (Fsp3) is 0.500. The van der Waals surface area contributed by atoms with Gasteiger partial charge in [0.05, 0.1) is 9.95 Å².